The Morgan fingerprint density at radius 3 is 2.69 bits per heavy atom. The molecular formula is C13H26N2O. The average molecular weight is 226 g/mol. The van der Waals surface area contributed by atoms with E-state index in [1.165, 1.54) is 0 Å². The van der Waals surface area contributed by atoms with Crippen LogP contribution in [0.2, 0.25) is 0 Å². The van der Waals surface area contributed by atoms with Gasteiger partial charge in [-0.1, -0.05) is 20.3 Å². The maximum atomic E-state index is 11.9. The molecule has 0 aromatic carbocycles. The largest absolute Gasteiger partial charge is 0.304 e. The number of ketones is 1. The summed E-state index contributed by atoms with van der Waals surface area (Å²) in [6.07, 6.45) is 2.59. The number of carbonyl (C=O) groups is 1. The molecule has 0 spiro atoms. The van der Waals surface area contributed by atoms with Crippen molar-refractivity contribution in [3.05, 3.63) is 0 Å². The summed E-state index contributed by atoms with van der Waals surface area (Å²) >= 11 is 0. The molecule has 1 aliphatic heterocycles. The zero-order chi connectivity index (χ0) is 12.1. The monoisotopic (exact) mass is 226 g/mol. The fourth-order valence-electron chi connectivity index (χ4n) is 2.20. The van der Waals surface area contributed by atoms with Crippen molar-refractivity contribution in [3.63, 3.8) is 0 Å². The molecule has 0 amide bonds. The fraction of sp³-hybridized carbons (Fsp3) is 0.923. The first-order chi connectivity index (χ1) is 7.52. The van der Waals surface area contributed by atoms with Gasteiger partial charge in [0.2, 0.25) is 0 Å². The highest BCUT2D eigenvalue weighted by atomic mass is 16.1. The summed E-state index contributed by atoms with van der Waals surface area (Å²) in [6, 6.07) is 0.426. The van der Waals surface area contributed by atoms with Crippen LogP contribution in [0, 0.1) is 5.92 Å². The summed E-state index contributed by atoms with van der Waals surface area (Å²) in [5, 5.41) is 0. The van der Waals surface area contributed by atoms with Crippen LogP contribution in [-0.4, -0.2) is 55.4 Å². The van der Waals surface area contributed by atoms with Gasteiger partial charge < -0.3 is 9.80 Å². The molecule has 3 heteroatoms. The third kappa shape index (κ3) is 4.22. The summed E-state index contributed by atoms with van der Waals surface area (Å²) in [5.41, 5.74) is 0. The first-order valence-electron chi connectivity index (χ1n) is 6.43. The Balaban J connectivity index is 2.37. The fourth-order valence-corrected chi connectivity index (χ4v) is 2.20. The highest BCUT2D eigenvalue weighted by Crippen LogP contribution is 2.14. The number of hydrogen-bond donors (Lipinski definition) is 0. The van der Waals surface area contributed by atoms with E-state index in [-0.39, 0.29) is 0 Å². The minimum atomic E-state index is 0.426. The molecule has 0 N–H and O–H groups in total. The van der Waals surface area contributed by atoms with Crippen LogP contribution in [0.15, 0.2) is 0 Å². The molecule has 0 saturated carbocycles. The van der Waals surface area contributed by atoms with Crippen molar-refractivity contribution in [2.45, 2.75) is 39.2 Å². The lowest BCUT2D eigenvalue weighted by Crippen LogP contribution is -2.50. The van der Waals surface area contributed by atoms with Crippen LogP contribution in [0.25, 0.3) is 0 Å². The molecule has 2 atom stereocenters. The van der Waals surface area contributed by atoms with Crippen molar-refractivity contribution in [3.8, 4) is 0 Å². The van der Waals surface area contributed by atoms with Crippen molar-refractivity contribution in [1.29, 1.82) is 0 Å². The lowest BCUT2D eigenvalue weighted by atomic mass is 9.97. The van der Waals surface area contributed by atoms with Crippen molar-refractivity contribution < 1.29 is 4.79 Å². The van der Waals surface area contributed by atoms with Gasteiger partial charge >= 0.3 is 0 Å². The Labute approximate surface area is 99.8 Å². The molecule has 1 rings (SSSR count). The van der Waals surface area contributed by atoms with Gasteiger partial charge in [0.05, 0.1) is 0 Å². The molecule has 0 aliphatic carbocycles. The highest BCUT2D eigenvalue weighted by molar-refractivity contribution is 5.79. The zero-order valence-corrected chi connectivity index (χ0v) is 11.2. The molecule has 3 nitrogen and oxygen atoms in total. The van der Waals surface area contributed by atoms with Crippen LogP contribution in [-0.2, 0) is 4.79 Å². The van der Waals surface area contributed by atoms with Crippen LogP contribution in [0.4, 0.5) is 0 Å². The Bertz CT molecular complexity index is 230. The third-order valence-electron chi connectivity index (χ3n) is 3.72. The number of hydrogen-bond acceptors (Lipinski definition) is 3. The van der Waals surface area contributed by atoms with Crippen LogP contribution in [0.5, 0.6) is 0 Å². The highest BCUT2D eigenvalue weighted by Gasteiger charge is 2.24. The predicted octanol–water partition coefficient (Wildman–Crippen LogP) is 1.63. The Morgan fingerprint density at radius 1 is 1.38 bits per heavy atom. The minimum absolute atomic E-state index is 0.426. The lowest BCUT2D eigenvalue weighted by molar-refractivity contribution is -0.121. The van der Waals surface area contributed by atoms with E-state index in [0.29, 0.717) is 17.7 Å². The summed E-state index contributed by atoms with van der Waals surface area (Å²) in [7, 11) is 4.27. The van der Waals surface area contributed by atoms with Gasteiger partial charge in [-0.15, -0.1) is 0 Å². The SMILES string of the molecule is CCC(C)CC(=O)CC1CN(C)CCN1C. The second-order valence-corrected chi connectivity index (χ2v) is 5.36. The van der Waals surface area contributed by atoms with Gasteiger partial charge in [-0.25, -0.2) is 0 Å². The van der Waals surface area contributed by atoms with Crippen LogP contribution in [0.1, 0.15) is 33.1 Å². The van der Waals surface area contributed by atoms with Crippen molar-refractivity contribution in [1.82, 2.24) is 9.80 Å². The molecule has 0 radical (unpaired) electrons. The molecule has 0 bridgehead atoms. The van der Waals surface area contributed by atoms with Crippen molar-refractivity contribution >= 4 is 5.78 Å². The van der Waals surface area contributed by atoms with Gasteiger partial charge in [-0.3, -0.25) is 4.79 Å². The number of rotatable bonds is 5. The Morgan fingerprint density at radius 2 is 2.06 bits per heavy atom. The van der Waals surface area contributed by atoms with Crippen LogP contribution in [0.3, 0.4) is 0 Å². The van der Waals surface area contributed by atoms with Gasteiger partial charge in [-0.05, 0) is 20.0 Å². The summed E-state index contributed by atoms with van der Waals surface area (Å²) in [6.45, 7) is 7.54. The van der Waals surface area contributed by atoms with Gasteiger partial charge in [0.15, 0.2) is 0 Å². The number of likely N-dealkylation sites (N-methyl/N-ethyl adjacent to an activating group) is 2. The first kappa shape index (κ1) is 13.7. The van der Waals surface area contributed by atoms with E-state index in [9.17, 15) is 4.79 Å². The van der Waals surface area contributed by atoms with E-state index in [0.717, 1.165) is 38.9 Å². The summed E-state index contributed by atoms with van der Waals surface area (Å²) < 4.78 is 0. The number of piperazine rings is 1. The van der Waals surface area contributed by atoms with Crippen LogP contribution >= 0.6 is 0 Å². The normalized spacial score (nSPS) is 25.6. The van der Waals surface area contributed by atoms with Crippen molar-refractivity contribution in [2.75, 3.05) is 33.7 Å². The van der Waals surface area contributed by atoms with E-state index in [1.54, 1.807) is 0 Å². The van der Waals surface area contributed by atoms with E-state index in [4.69, 9.17) is 0 Å². The zero-order valence-electron chi connectivity index (χ0n) is 11.2. The third-order valence-corrected chi connectivity index (χ3v) is 3.72. The topological polar surface area (TPSA) is 23.6 Å². The molecular weight excluding hydrogens is 200 g/mol. The summed E-state index contributed by atoms with van der Waals surface area (Å²) in [5.74, 6) is 0.973. The summed E-state index contributed by atoms with van der Waals surface area (Å²) in [4.78, 5) is 16.5. The molecule has 2 unspecified atom stereocenters. The molecule has 1 aliphatic rings. The van der Waals surface area contributed by atoms with Crippen LogP contribution < -0.4 is 0 Å². The van der Waals surface area contributed by atoms with Gasteiger partial charge in [-0.2, -0.15) is 0 Å². The Hall–Kier alpha value is -0.410. The van der Waals surface area contributed by atoms with Gasteiger partial charge in [0.25, 0.3) is 0 Å². The lowest BCUT2D eigenvalue weighted by Gasteiger charge is -2.37. The first-order valence-corrected chi connectivity index (χ1v) is 6.43. The smallest absolute Gasteiger partial charge is 0.134 e. The number of nitrogens with zero attached hydrogens (tertiary/aromatic N) is 2. The van der Waals surface area contributed by atoms with E-state index >= 15 is 0 Å². The standard InChI is InChI=1S/C13H26N2O/c1-5-11(2)8-13(16)9-12-10-14(3)6-7-15(12)4/h11-12H,5-10H2,1-4H3. The molecule has 0 aromatic rings. The average Bonchev–Trinajstić information content (AvgIpc) is 2.23. The molecule has 16 heavy (non-hydrogen) atoms. The second kappa shape index (κ2) is 6.36. The van der Waals surface area contributed by atoms with Crippen molar-refractivity contribution in [2.24, 2.45) is 5.92 Å². The Kier molecular flexibility index (Phi) is 5.42. The van der Waals surface area contributed by atoms with Gasteiger partial charge in [0, 0.05) is 38.5 Å². The number of Topliss-reactive ketones (excluding diaryl/α,β-unsaturated/α-hetero) is 1. The van der Waals surface area contributed by atoms with E-state index < -0.39 is 0 Å². The maximum absolute atomic E-state index is 11.9. The molecule has 0 aromatic heterocycles. The molecule has 94 valence electrons. The molecule has 1 heterocycles. The minimum Gasteiger partial charge on any atom is -0.304 e. The predicted molar refractivity (Wildman–Crippen MR) is 67.6 cm³/mol. The number of carbonyl (C=O) groups excluding carboxylic acids is 1. The quantitative estimate of drug-likeness (QED) is 0.712. The van der Waals surface area contributed by atoms with E-state index in [2.05, 4.69) is 37.7 Å². The maximum Gasteiger partial charge on any atom is 0.134 e. The van der Waals surface area contributed by atoms with Gasteiger partial charge in [0.1, 0.15) is 5.78 Å². The second-order valence-electron chi connectivity index (χ2n) is 5.36. The molecule has 1 fully saturated rings. The molecule has 1 saturated heterocycles. The van der Waals surface area contributed by atoms with E-state index in [1.807, 2.05) is 0 Å².